The highest BCUT2D eigenvalue weighted by Crippen LogP contribution is 2.36. The van der Waals surface area contributed by atoms with Gasteiger partial charge in [0, 0.05) is 12.8 Å². The van der Waals surface area contributed by atoms with Crippen molar-refractivity contribution in [2.24, 2.45) is 0 Å². The fourth-order valence-corrected chi connectivity index (χ4v) is 4.16. The lowest BCUT2D eigenvalue weighted by Gasteiger charge is -2.27. The number of nitrogen functional groups attached to an aromatic ring is 1. The minimum atomic E-state index is -5.02. The van der Waals surface area contributed by atoms with Gasteiger partial charge in [0.2, 0.25) is 5.28 Å². The number of imidazole rings is 1. The summed E-state index contributed by atoms with van der Waals surface area (Å²) in [6, 6.07) is 1.46. The van der Waals surface area contributed by atoms with E-state index in [0.717, 1.165) is 6.07 Å². The van der Waals surface area contributed by atoms with Crippen LogP contribution in [0.25, 0.3) is 11.2 Å². The molecule has 1 aliphatic heterocycles. The first kappa shape index (κ1) is 27.4. The van der Waals surface area contributed by atoms with Gasteiger partial charge in [0.25, 0.3) is 5.60 Å². The Bertz CT molecular complexity index is 1390. The van der Waals surface area contributed by atoms with Crippen LogP contribution in [0.1, 0.15) is 23.8 Å². The van der Waals surface area contributed by atoms with Crippen molar-refractivity contribution in [3.05, 3.63) is 46.8 Å². The first-order valence-corrected chi connectivity index (χ1v) is 11.0. The summed E-state index contributed by atoms with van der Waals surface area (Å²) in [7, 11) is 0. The zero-order valence-electron chi connectivity index (χ0n) is 18.8. The number of carbonyl (C=O) groups is 2. The van der Waals surface area contributed by atoms with Gasteiger partial charge in [0.15, 0.2) is 17.7 Å². The Hall–Kier alpha value is -3.63. The molecule has 17 heteroatoms. The van der Waals surface area contributed by atoms with E-state index in [1.807, 2.05) is 0 Å². The van der Waals surface area contributed by atoms with Crippen LogP contribution in [-0.2, 0) is 31.7 Å². The number of benzene rings is 1. The number of halogens is 6. The van der Waals surface area contributed by atoms with Crippen LogP contribution in [0.2, 0.25) is 5.28 Å². The van der Waals surface area contributed by atoms with E-state index in [2.05, 4.69) is 15.0 Å². The van der Waals surface area contributed by atoms with E-state index in [0.29, 0.717) is 12.1 Å². The van der Waals surface area contributed by atoms with Gasteiger partial charge in [-0.15, -0.1) is 0 Å². The van der Waals surface area contributed by atoms with Gasteiger partial charge in [-0.25, -0.2) is 23.4 Å². The van der Waals surface area contributed by atoms with Gasteiger partial charge in [-0.1, -0.05) is 6.07 Å². The number of alkyl halides is 4. The van der Waals surface area contributed by atoms with Crippen molar-refractivity contribution in [1.82, 2.24) is 19.5 Å². The van der Waals surface area contributed by atoms with Crippen molar-refractivity contribution < 1.29 is 51.2 Å². The standard InChI is InChI=1S/C21H17ClF5N5O6/c22-19-30-14(28)13-15(31-19)32(7-29-13)16-12(24)4-9(38-16)6-37-20(17(33)34,18(35)36)5-8-1-2-10(11(23)3-8)21(25,26)27/h1-3,7,9,12,16H,4-6H2,(H,33,34)(H,35,36)(H2,28,30,31). The first-order chi connectivity index (χ1) is 17.7. The molecule has 4 N–H and O–H groups in total. The SMILES string of the molecule is Nc1nc(Cl)nc2c1ncn2C1OC(COC(Cc2ccc(C(F)(F)F)c(F)c2)(C(=O)O)C(=O)O)CC1F. The van der Waals surface area contributed by atoms with Gasteiger partial charge in [-0.2, -0.15) is 23.1 Å². The lowest BCUT2D eigenvalue weighted by atomic mass is 9.93. The molecule has 1 aliphatic rings. The smallest absolute Gasteiger partial charge is 0.419 e. The van der Waals surface area contributed by atoms with Crippen molar-refractivity contribution in [2.75, 3.05) is 12.3 Å². The number of anilines is 1. The topological polar surface area (TPSA) is 163 Å². The molecule has 1 saturated heterocycles. The molecule has 4 rings (SSSR count). The van der Waals surface area contributed by atoms with E-state index in [9.17, 15) is 41.8 Å². The summed E-state index contributed by atoms with van der Waals surface area (Å²) < 4.78 is 79.3. The summed E-state index contributed by atoms with van der Waals surface area (Å²) in [6.07, 6.45) is -9.45. The predicted octanol–water partition coefficient (Wildman–Crippen LogP) is 3.01. The number of ether oxygens (including phenoxy) is 2. The van der Waals surface area contributed by atoms with E-state index in [4.69, 9.17) is 26.8 Å². The Morgan fingerprint density at radius 1 is 1.24 bits per heavy atom. The summed E-state index contributed by atoms with van der Waals surface area (Å²) in [5, 5.41) is 19.1. The number of nitrogens with two attached hydrogens (primary N) is 1. The minimum absolute atomic E-state index is 0.0477. The molecule has 0 radical (unpaired) electrons. The zero-order chi connectivity index (χ0) is 28.0. The molecule has 11 nitrogen and oxygen atoms in total. The molecule has 3 atom stereocenters. The third-order valence-electron chi connectivity index (χ3n) is 5.82. The number of hydrogen-bond donors (Lipinski definition) is 3. The highest BCUT2D eigenvalue weighted by Gasteiger charge is 2.50. The average Bonchev–Trinajstić information content (AvgIpc) is 3.38. The fraction of sp³-hybridized carbons (Fsp3) is 0.381. The molecule has 0 saturated carbocycles. The largest absolute Gasteiger partial charge is 0.479 e. The monoisotopic (exact) mass is 565 g/mol. The van der Waals surface area contributed by atoms with Crippen molar-refractivity contribution in [3.63, 3.8) is 0 Å². The molecule has 2 aromatic heterocycles. The number of carboxylic acid groups (broad SMARTS) is 2. The van der Waals surface area contributed by atoms with Crippen molar-refractivity contribution >= 4 is 40.5 Å². The molecule has 1 aromatic carbocycles. The van der Waals surface area contributed by atoms with Crippen LogP contribution in [0, 0.1) is 5.82 Å². The first-order valence-electron chi connectivity index (χ1n) is 10.6. The van der Waals surface area contributed by atoms with Crippen molar-refractivity contribution in [3.8, 4) is 0 Å². The lowest BCUT2D eigenvalue weighted by Crippen LogP contribution is -2.52. The molecule has 3 unspecified atom stereocenters. The summed E-state index contributed by atoms with van der Waals surface area (Å²) in [6.45, 7) is -0.747. The van der Waals surface area contributed by atoms with Gasteiger partial charge in [0.05, 0.1) is 24.6 Å². The molecule has 204 valence electrons. The molecular weight excluding hydrogens is 549 g/mol. The minimum Gasteiger partial charge on any atom is -0.479 e. The number of carboxylic acids is 2. The average molecular weight is 566 g/mol. The maximum atomic E-state index is 14.9. The molecule has 0 bridgehead atoms. The van der Waals surface area contributed by atoms with E-state index in [1.165, 1.54) is 10.9 Å². The molecule has 0 amide bonds. The molecule has 38 heavy (non-hydrogen) atoms. The summed E-state index contributed by atoms with van der Waals surface area (Å²) in [5.41, 5.74) is 0.838. The summed E-state index contributed by atoms with van der Waals surface area (Å²) in [4.78, 5) is 35.6. The summed E-state index contributed by atoms with van der Waals surface area (Å²) in [5.74, 6) is -5.82. The number of nitrogens with zero attached hydrogens (tertiary/aromatic N) is 4. The molecule has 0 aliphatic carbocycles. The fourth-order valence-electron chi connectivity index (χ4n) is 3.99. The maximum absolute atomic E-state index is 14.9. The van der Waals surface area contributed by atoms with Crippen LogP contribution >= 0.6 is 11.6 Å². The zero-order valence-corrected chi connectivity index (χ0v) is 19.6. The highest BCUT2D eigenvalue weighted by molar-refractivity contribution is 6.28. The van der Waals surface area contributed by atoms with Gasteiger partial charge >= 0.3 is 18.1 Å². The van der Waals surface area contributed by atoms with Crippen LogP contribution in [0.5, 0.6) is 0 Å². The molecule has 1 fully saturated rings. The number of aliphatic carboxylic acids is 2. The van der Waals surface area contributed by atoms with E-state index >= 15 is 0 Å². The van der Waals surface area contributed by atoms with Crippen LogP contribution in [0.4, 0.5) is 27.8 Å². The number of aromatic nitrogens is 4. The van der Waals surface area contributed by atoms with Gasteiger partial charge < -0.3 is 25.4 Å². The molecule has 3 heterocycles. The Kier molecular flexibility index (Phi) is 7.15. The van der Waals surface area contributed by atoms with Gasteiger partial charge in [-0.05, 0) is 29.3 Å². The maximum Gasteiger partial charge on any atom is 0.419 e. The number of rotatable bonds is 8. The number of hydrogen-bond acceptors (Lipinski definition) is 8. The highest BCUT2D eigenvalue weighted by atomic mass is 35.5. The van der Waals surface area contributed by atoms with Crippen molar-refractivity contribution in [1.29, 1.82) is 0 Å². The Morgan fingerprint density at radius 2 is 1.92 bits per heavy atom. The van der Waals surface area contributed by atoms with E-state index < -0.39 is 72.2 Å². The van der Waals surface area contributed by atoms with Gasteiger partial charge in [-0.3, -0.25) is 4.57 Å². The Morgan fingerprint density at radius 3 is 2.53 bits per heavy atom. The third-order valence-corrected chi connectivity index (χ3v) is 5.99. The van der Waals surface area contributed by atoms with Crippen LogP contribution in [0.3, 0.4) is 0 Å². The molecule has 0 spiro atoms. The van der Waals surface area contributed by atoms with E-state index in [1.54, 1.807) is 0 Å². The second kappa shape index (κ2) is 9.92. The molecule has 3 aromatic rings. The third kappa shape index (κ3) is 5.06. The Labute approximate surface area is 214 Å². The quantitative estimate of drug-likeness (QED) is 0.210. The second-order valence-corrected chi connectivity index (χ2v) is 8.68. The number of fused-ring (bicyclic) bond motifs is 1. The van der Waals surface area contributed by atoms with Crippen LogP contribution < -0.4 is 5.73 Å². The van der Waals surface area contributed by atoms with Crippen LogP contribution in [0.15, 0.2) is 24.5 Å². The van der Waals surface area contributed by atoms with Crippen LogP contribution in [-0.4, -0.2) is 66.2 Å². The van der Waals surface area contributed by atoms with Gasteiger partial charge in [0.1, 0.15) is 17.5 Å². The van der Waals surface area contributed by atoms with E-state index in [-0.39, 0.29) is 28.7 Å². The molecular formula is C21H17ClF5N5O6. The second-order valence-electron chi connectivity index (χ2n) is 8.34. The Balaban J connectivity index is 1.54. The predicted molar refractivity (Wildman–Crippen MR) is 117 cm³/mol. The summed E-state index contributed by atoms with van der Waals surface area (Å²) >= 11 is 5.80. The lowest BCUT2D eigenvalue weighted by molar-refractivity contribution is -0.188. The normalized spacial score (nSPS) is 20.2. The van der Waals surface area contributed by atoms with Crippen molar-refractivity contribution in [2.45, 2.75) is 43.1 Å².